The number of carbonyl (C=O) groups is 1. The first-order valence-electron chi connectivity index (χ1n) is 6.13. The van der Waals surface area contributed by atoms with E-state index in [4.69, 9.17) is 4.74 Å². The van der Waals surface area contributed by atoms with Crippen molar-refractivity contribution in [2.45, 2.75) is 28.4 Å². The van der Waals surface area contributed by atoms with Crippen LogP contribution in [0.3, 0.4) is 0 Å². The van der Waals surface area contributed by atoms with E-state index in [-0.39, 0.29) is 18.1 Å². The first-order valence-corrected chi connectivity index (χ1v) is 7.68. The molecule has 1 aliphatic carbocycles. The molecule has 102 valence electrons. The second kappa shape index (κ2) is 4.05. The standard InChI is InChI=1S/C13H14O5S/c14-12(15)13(5-6-13)10-3-1-2-4-11(10)19(16,17)9-7-18-8-9/h1-4,9H,5-8H2,(H,14,15). The van der Waals surface area contributed by atoms with E-state index in [0.717, 1.165) is 0 Å². The normalized spacial score (nSPS) is 21.7. The van der Waals surface area contributed by atoms with E-state index in [1.54, 1.807) is 18.2 Å². The lowest BCUT2D eigenvalue weighted by Gasteiger charge is -2.27. The number of benzene rings is 1. The summed E-state index contributed by atoms with van der Waals surface area (Å²) in [5, 5.41) is 8.79. The first kappa shape index (κ1) is 12.6. The minimum atomic E-state index is -3.50. The monoisotopic (exact) mass is 282 g/mol. The zero-order valence-corrected chi connectivity index (χ0v) is 11.0. The molecule has 0 unspecified atom stereocenters. The van der Waals surface area contributed by atoms with Crippen LogP contribution in [0.1, 0.15) is 18.4 Å². The van der Waals surface area contributed by atoms with Crippen molar-refractivity contribution in [1.29, 1.82) is 0 Å². The zero-order valence-electron chi connectivity index (χ0n) is 10.2. The minimum absolute atomic E-state index is 0.156. The highest BCUT2D eigenvalue weighted by Crippen LogP contribution is 2.50. The molecule has 1 aliphatic heterocycles. The molecule has 19 heavy (non-hydrogen) atoms. The SMILES string of the molecule is O=C(O)C1(c2ccccc2S(=O)(=O)C2COC2)CC1. The van der Waals surface area contributed by atoms with Crippen molar-refractivity contribution >= 4 is 15.8 Å². The van der Waals surface area contributed by atoms with E-state index in [9.17, 15) is 18.3 Å². The van der Waals surface area contributed by atoms with Crippen molar-refractivity contribution in [3.8, 4) is 0 Å². The molecule has 1 N–H and O–H groups in total. The van der Waals surface area contributed by atoms with Crippen LogP contribution in [-0.2, 0) is 24.8 Å². The van der Waals surface area contributed by atoms with Crippen LogP contribution in [0.2, 0.25) is 0 Å². The van der Waals surface area contributed by atoms with E-state index >= 15 is 0 Å². The molecule has 0 aromatic heterocycles. The van der Waals surface area contributed by atoms with Gasteiger partial charge in [-0.05, 0) is 24.5 Å². The third-order valence-electron chi connectivity index (χ3n) is 3.91. The lowest BCUT2D eigenvalue weighted by molar-refractivity contribution is -0.140. The van der Waals surface area contributed by atoms with Gasteiger partial charge in [0.25, 0.3) is 0 Å². The van der Waals surface area contributed by atoms with Crippen LogP contribution in [0.5, 0.6) is 0 Å². The van der Waals surface area contributed by atoms with Crippen molar-refractivity contribution in [1.82, 2.24) is 0 Å². The molecule has 0 radical (unpaired) electrons. The lowest BCUT2D eigenvalue weighted by Crippen LogP contribution is -2.41. The summed E-state index contributed by atoms with van der Waals surface area (Å²) in [5.41, 5.74) is -0.580. The van der Waals surface area contributed by atoms with Gasteiger partial charge in [0.2, 0.25) is 0 Å². The molecular weight excluding hydrogens is 268 g/mol. The Labute approximate surface area is 111 Å². The molecule has 1 saturated heterocycles. The summed E-state index contributed by atoms with van der Waals surface area (Å²) < 4.78 is 29.9. The highest BCUT2D eigenvalue weighted by atomic mass is 32.2. The van der Waals surface area contributed by atoms with Gasteiger partial charge >= 0.3 is 5.97 Å². The molecule has 2 aliphatic rings. The van der Waals surface area contributed by atoms with Gasteiger partial charge in [-0.1, -0.05) is 18.2 Å². The number of sulfone groups is 1. The number of hydrogen-bond donors (Lipinski definition) is 1. The third kappa shape index (κ3) is 1.78. The molecule has 1 aromatic carbocycles. The van der Waals surface area contributed by atoms with Gasteiger partial charge < -0.3 is 9.84 Å². The average molecular weight is 282 g/mol. The fraction of sp³-hybridized carbons (Fsp3) is 0.462. The number of carboxylic acid groups (broad SMARTS) is 1. The van der Waals surface area contributed by atoms with Crippen molar-refractivity contribution in [2.24, 2.45) is 0 Å². The number of aliphatic carboxylic acids is 1. The molecule has 0 amide bonds. The van der Waals surface area contributed by atoms with Gasteiger partial charge in [-0.25, -0.2) is 8.42 Å². The van der Waals surface area contributed by atoms with Gasteiger partial charge in [0, 0.05) is 0 Å². The maximum Gasteiger partial charge on any atom is 0.314 e. The minimum Gasteiger partial charge on any atom is -0.481 e. The van der Waals surface area contributed by atoms with Gasteiger partial charge in [-0.15, -0.1) is 0 Å². The van der Waals surface area contributed by atoms with Crippen molar-refractivity contribution in [2.75, 3.05) is 13.2 Å². The van der Waals surface area contributed by atoms with Crippen molar-refractivity contribution in [3.63, 3.8) is 0 Å². The third-order valence-corrected chi connectivity index (χ3v) is 6.03. The molecule has 0 spiro atoms. The summed E-state index contributed by atoms with van der Waals surface area (Å²) in [4.78, 5) is 11.6. The maximum atomic E-state index is 12.5. The maximum absolute atomic E-state index is 12.5. The Morgan fingerprint density at radius 2 is 1.89 bits per heavy atom. The number of ether oxygens (including phenoxy) is 1. The van der Waals surface area contributed by atoms with Crippen LogP contribution in [0.4, 0.5) is 0 Å². The lowest BCUT2D eigenvalue weighted by atomic mass is 9.96. The fourth-order valence-electron chi connectivity index (χ4n) is 2.41. The van der Waals surface area contributed by atoms with E-state index in [0.29, 0.717) is 18.4 Å². The van der Waals surface area contributed by atoms with E-state index < -0.39 is 26.5 Å². The molecule has 0 atom stereocenters. The Balaban J connectivity index is 2.11. The number of carboxylic acids is 1. The van der Waals surface area contributed by atoms with Crippen LogP contribution in [0.15, 0.2) is 29.2 Å². The van der Waals surface area contributed by atoms with Crippen LogP contribution in [0.25, 0.3) is 0 Å². The van der Waals surface area contributed by atoms with Crippen molar-refractivity contribution < 1.29 is 23.1 Å². The molecule has 1 aromatic rings. The zero-order chi connectivity index (χ0) is 13.7. The number of rotatable bonds is 4. The Hall–Kier alpha value is -1.40. The molecule has 5 nitrogen and oxygen atoms in total. The highest BCUT2D eigenvalue weighted by molar-refractivity contribution is 7.92. The summed E-state index contributed by atoms with van der Waals surface area (Å²) in [6, 6.07) is 6.45. The second-order valence-electron chi connectivity index (χ2n) is 5.09. The molecule has 6 heteroatoms. The largest absolute Gasteiger partial charge is 0.481 e. The highest BCUT2D eigenvalue weighted by Gasteiger charge is 2.54. The second-order valence-corrected chi connectivity index (χ2v) is 7.28. The molecule has 2 fully saturated rings. The molecule has 1 heterocycles. The Morgan fingerprint density at radius 3 is 2.37 bits per heavy atom. The fourth-order valence-corrected chi connectivity index (χ4v) is 4.15. The summed E-state index contributed by atoms with van der Waals surface area (Å²) in [6.07, 6.45) is 0.992. The predicted octanol–water partition coefficient (Wildman–Crippen LogP) is 0.975. The van der Waals surface area contributed by atoms with E-state index in [1.807, 2.05) is 0 Å². The van der Waals surface area contributed by atoms with Crippen LogP contribution < -0.4 is 0 Å². The summed E-state index contributed by atoms with van der Waals surface area (Å²) in [7, 11) is -3.50. The van der Waals surface area contributed by atoms with Gasteiger partial charge in [-0.3, -0.25) is 4.79 Å². The smallest absolute Gasteiger partial charge is 0.314 e. The van der Waals surface area contributed by atoms with Gasteiger partial charge in [0.05, 0.1) is 23.5 Å². The van der Waals surface area contributed by atoms with Crippen molar-refractivity contribution in [3.05, 3.63) is 29.8 Å². The van der Waals surface area contributed by atoms with E-state index in [2.05, 4.69) is 0 Å². The van der Waals surface area contributed by atoms with Crippen LogP contribution in [-0.4, -0.2) is 38.0 Å². The summed E-state index contributed by atoms with van der Waals surface area (Å²) >= 11 is 0. The Kier molecular flexibility index (Phi) is 2.69. The van der Waals surface area contributed by atoms with Gasteiger partial charge in [0.15, 0.2) is 9.84 Å². The van der Waals surface area contributed by atoms with Crippen LogP contribution >= 0.6 is 0 Å². The topological polar surface area (TPSA) is 80.7 Å². The quantitative estimate of drug-likeness (QED) is 0.890. The molecule has 3 rings (SSSR count). The molecule has 0 bridgehead atoms. The predicted molar refractivity (Wildman–Crippen MR) is 66.8 cm³/mol. The average Bonchev–Trinajstić information content (AvgIpc) is 3.07. The van der Waals surface area contributed by atoms with Crippen LogP contribution in [0, 0.1) is 0 Å². The van der Waals surface area contributed by atoms with E-state index in [1.165, 1.54) is 6.07 Å². The molecule has 1 saturated carbocycles. The first-order chi connectivity index (χ1) is 8.98. The summed E-state index contributed by atoms with van der Waals surface area (Å²) in [5.74, 6) is -0.944. The molecular formula is C13H14O5S. The Morgan fingerprint density at radius 1 is 1.26 bits per heavy atom. The Bertz CT molecular complexity index is 626. The number of hydrogen-bond acceptors (Lipinski definition) is 4. The van der Waals surface area contributed by atoms with Gasteiger partial charge in [-0.2, -0.15) is 0 Å². The summed E-state index contributed by atoms with van der Waals surface area (Å²) in [6.45, 7) is 0.382. The van der Waals surface area contributed by atoms with Gasteiger partial charge in [0.1, 0.15) is 5.25 Å².